The Morgan fingerprint density at radius 2 is 2.00 bits per heavy atom. The summed E-state index contributed by atoms with van der Waals surface area (Å²) in [6.45, 7) is 6.59. The highest BCUT2D eigenvalue weighted by atomic mass is 32.2. The lowest BCUT2D eigenvalue weighted by molar-refractivity contribution is -0.120. The summed E-state index contributed by atoms with van der Waals surface area (Å²) < 4.78 is 1.90. The van der Waals surface area contributed by atoms with Crippen LogP contribution in [0.15, 0.2) is 35.5 Å². The number of thioether (sulfide) groups is 1. The van der Waals surface area contributed by atoms with Crippen molar-refractivity contribution < 1.29 is 4.79 Å². The number of carbonyl (C=O) groups excluding carboxylic acids is 1. The van der Waals surface area contributed by atoms with Crippen LogP contribution in [-0.2, 0) is 11.8 Å². The molecule has 0 fully saturated rings. The molecule has 0 aliphatic rings. The second-order valence-corrected chi connectivity index (χ2v) is 6.92. The number of benzene rings is 1. The first-order valence-corrected chi connectivity index (χ1v) is 8.76. The van der Waals surface area contributed by atoms with E-state index in [1.807, 2.05) is 43.7 Å². The first-order valence-electron chi connectivity index (χ1n) is 7.88. The highest BCUT2D eigenvalue weighted by Crippen LogP contribution is 2.22. The van der Waals surface area contributed by atoms with Gasteiger partial charge in [-0.05, 0) is 25.8 Å². The van der Waals surface area contributed by atoms with E-state index in [1.165, 1.54) is 17.3 Å². The molecule has 124 valence electrons. The van der Waals surface area contributed by atoms with Crippen molar-refractivity contribution in [3.05, 3.63) is 41.7 Å². The minimum absolute atomic E-state index is 0.0324. The number of aromatic nitrogens is 3. The number of nitrogens with zero attached hydrogens (tertiary/aromatic N) is 3. The summed E-state index contributed by atoms with van der Waals surface area (Å²) in [5.41, 5.74) is 1.26. The van der Waals surface area contributed by atoms with Crippen LogP contribution in [0.2, 0.25) is 0 Å². The molecule has 0 saturated carbocycles. The summed E-state index contributed by atoms with van der Waals surface area (Å²) in [4.78, 5) is 12.3. The Morgan fingerprint density at radius 3 is 2.57 bits per heavy atom. The maximum absolute atomic E-state index is 12.3. The van der Waals surface area contributed by atoms with Crippen LogP contribution in [-0.4, -0.2) is 32.5 Å². The van der Waals surface area contributed by atoms with Crippen LogP contribution in [0.4, 0.5) is 0 Å². The third kappa shape index (κ3) is 4.58. The molecule has 0 radical (unpaired) electrons. The standard InChI is InChI=1S/C17H24N4OS/c1-5-14(15-9-7-6-8-10-15)11-18-16(22)12(2)23-17-20-19-13(3)21(17)4/h6-10,12,14H,5,11H2,1-4H3,(H,18,22)/t12-,14-/m1/s1. The first-order chi connectivity index (χ1) is 11.0. The summed E-state index contributed by atoms with van der Waals surface area (Å²) in [6, 6.07) is 10.3. The molecule has 0 bridgehead atoms. The molecule has 2 atom stereocenters. The van der Waals surface area contributed by atoms with Gasteiger partial charge >= 0.3 is 0 Å². The van der Waals surface area contributed by atoms with Crippen molar-refractivity contribution in [2.45, 2.75) is 43.5 Å². The minimum Gasteiger partial charge on any atom is -0.355 e. The average Bonchev–Trinajstić information content (AvgIpc) is 2.88. The number of aryl methyl sites for hydroxylation is 1. The van der Waals surface area contributed by atoms with Crippen LogP contribution in [0.5, 0.6) is 0 Å². The molecule has 6 heteroatoms. The van der Waals surface area contributed by atoms with Gasteiger partial charge in [-0.3, -0.25) is 4.79 Å². The monoisotopic (exact) mass is 332 g/mol. The molecule has 5 nitrogen and oxygen atoms in total. The normalized spacial score (nSPS) is 13.6. The quantitative estimate of drug-likeness (QED) is 0.792. The second kappa shape index (κ2) is 8.15. The van der Waals surface area contributed by atoms with E-state index in [4.69, 9.17) is 0 Å². The molecule has 0 unspecified atom stereocenters. The van der Waals surface area contributed by atoms with E-state index in [2.05, 4.69) is 34.6 Å². The van der Waals surface area contributed by atoms with Crippen LogP contribution in [0.25, 0.3) is 0 Å². The predicted octanol–water partition coefficient (Wildman–Crippen LogP) is 2.91. The van der Waals surface area contributed by atoms with E-state index < -0.39 is 0 Å². The molecular weight excluding hydrogens is 308 g/mol. The van der Waals surface area contributed by atoms with Crippen molar-refractivity contribution >= 4 is 17.7 Å². The fraction of sp³-hybridized carbons (Fsp3) is 0.471. The largest absolute Gasteiger partial charge is 0.355 e. The first kappa shape index (κ1) is 17.5. The fourth-order valence-corrected chi connectivity index (χ4v) is 3.18. The van der Waals surface area contributed by atoms with Gasteiger partial charge in [0.15, 0.2) is 5.16 Å². The summed E-state index contributed by atoms with van der Waals surface area (Å²) >= 11 is 1.43. The van der Waals surface area contributed by atoms with Gasteiger partial charge in [-0.25, -0.2) is 0 Å². The fourth-order valence-electron chi connectivity index (χ4n) is 2.29. The van der Waals surface area contributed by atoms with E-state index in [0.717, 1.165) is 17.4 Å². The maximum atomic E-state index is 12.3. The van der Waals surface area contributed by atoms with Crippen LogP contribution >= 0.6 is 11.8 Å². The van der Waals surface area contributed by atoms with Crippen LogP contribution in [0, 0.1) is 6.92 Å². The van der Waals surface area contributed by atoms with Gasteiger partial charge in [-0.2, -0.15) is 0 Å². The average molecular weight is 332 g/mol. The molecule has 1 heterocycles. The van der Waals surface area contributed by atoms with E-state index in [9.17, 15) is 4.79 Å². The van der Waals surface area contributed by atoms with Gasteiger partial charge in [0.05, 0.1) is 5.25 Å². The Morgan fingerprint density at radius 1 is 1.30 bits per heavy atom. The van der Waals surface area contributed by atoms with Crippen LogP contribution < -0.4 is 5.32 Å². The van der Waals surface area contributed by atoms with Gasteiger partial charge < -0.3 is 9.88 Å². The van der Waals surface area contributed by atoms with Crippen molar-refractivity contribution in [3.8, 4) is 0 Å². The van der Waals surface area contributed by atoms with Crippen molar-refractivity contribution in [2.75, 3.05) is 6.54 Å². The van der Waals surface area contributed by atoms with Crippen molar-refractivity contribution in [3.63, 3.8) is 0 Å². The van der Waals surface area contributed by atoms with Gasteiger partial charge in [0.2, 0.25) is 5.91 Å². The third-order valence-corrected chi connectivity index (χ3v) is 5.12. The third-order valence-electron chi connectivity index (χ3n) is 3.99. The van der Waals surface area contributed by atoms with Crippen molar-refractivity contribution in [2.24, 2.45) is 7.05 Å². The number of carbonyl (C=O) groups is 1. The Hall–Kier alpha value is -1.82. The molecule has 0 spiro atoms. The maximum Gasteiger partial charge on any atom is 0.233 e. The molecule has 0 aliphatic heterocycles. The summed E-state index contributed by atoms with van der Waals surface area (Å²) in [7, 11) is 1.91. The zero-order valence-corrected chi connectivity index (χ0v) is 14.9. The Bertz CT molecular complexity index is 641. The second-order valence-electron chi connectivity index (χ2n) is 5.61. The highest BCUT2D eigenvalue weighted by Gasteiger charge is 2.19. The van der Waals surface area contributed by atoms with Gasteiger partial charge in [-0.1, -0.05) is 49.0 Å². The van der Waals surface area contributed by atoms with Crippen molar-refractivity contribution in [1.29, 1.82) is 0 Å². The lowest BCUT2D eigenvalue weighted by Crippen LogP contribution is -2.34. The van der Waals surface area contributed by atoms with Gasteiger partial charge in [0, 0.05) is 19.5 Å². The highest BCUT2D eigenvalue weighted by molar-refractivity contribution is 8.00. The van der Waals surface area contributed by atoms with E-state index in [0.29, 0.717) is 12.5 Å². The topological polar surface area (TPSA) is 59.8 Å². The molecule has 1 N–H and O–H groups in total. The van der Waals surface area contributed by atoms with Crippen LogP contribution in [0.1, 0.15) is 37.6 Å². The van der Waals surface area contributed by atoms with Crippen LogP contribution in [0.3, 0.4) is 0 Å². The predicted molar refractivity (Wildman–Crippen MR) is 93.5 cm³/mol. The molecule has 2 rings (SSSR count). The molecule has 2 aromatic rings. The van der Waals surface area contributed by atoms with Gasteiger partial charge in [0.1, 0.15) is 5.82 Å². The summed E-state index contributed by atoms with van der Waals surface area (Å²) in [6.07, 6.45) is 0.994. The lowest BCUT2D eigenvalue weighted by Gasteiger charge is -2.18. The Kier molecular flexibility index (Phi) is 6.21. The number of hydrogen-bond donors (Lipinski definition) is 1. The van der Waals surface area contributed by atoms with Gasteiger partial charge in [-0.15, -0.1) is 10.2 Å². The SMILES string of the molecule is CC[C@H](CNC(=O)[C@@H](C)Sc1nnc(C)n1C)c1ccccc1. The van der Waals surface area contributed by atoms with E-state index in [1.54, 1.807) is 0 Å². The smallest absolute Gasteiger partial charge is 0.233 e. The number of hydrogen-bond acceptors (Lipinski definition) is 4. The number of rotatable bonds is 7. The summed E-state index contributed by atoms with van der Waals surface area (Å²) in [5, 5.41) is 11.7. The molecular formula is C17H24N4OS. The molecule has 0 aliphatic carbocycles. The lowest BCUT2D eigenvalue weighted by atomic mass is 9.96. The van der Waals surface area contributed by atoms with E-state index >= 15 is 0 Å². The van der Waals surface area contributed by atoms with Crippen molar-refractivity contribution in [1.82, 2.24) is 20.1 Å². The molecule has 1 amide bonds. The zero-order chi connectivity index (χ0) is 16.8. The minimum atomic E-state index is -0.203. The zero-order valence-electron chi connectivity index (χ0n) is 14.1. The van der Waals surface area contributed by atoms with Gasteiger partial charge in [0.25, 0.3) is 0 Å². The number of nitrogens with one attached hydrogen (secondary N) is 1. The van der Waals surface area contributed by atoms with E-state index in [-0.39, 0.29) is 11.2 Å². The summed E-state index contributed by atoms with van der Waals surface area (Å²) in [5.74, 6) is 1.22. The molecule has 1 aromatic heterocycles. The molecule has 1 aromatic carbocycles. The Balaban J connectivity index is 1.89. The number of amides is 1. The molecule has 0 saturated heterocycles. The Labute approximate surface area is 141 Å². The molecule has 23 heavy (non-hydrogen) atoms.